The second-order valence-corrected chi connectivity index (χ2v) is 5.84. The zero-order chi connectivity index (χ0) is 18.8. The van der Waals surface area contributed by atoms with Crippen LogP contribution in [0.4, 0.5) is 0 Å². The Hall–Kier alpha value is -3.88. The number of pyridine rings is 2. The average Bonchev–Trinajstić information content (AvgIpc) is 3.14. The van der Waals surface area contributed by atoms with Crippen LogP contribution in [0.3, 0.4) is 0 Å². The van der Waals surface area contributed by atoms with Crippen molar-refractivity contribution in [3.8, 4) is 22.8 Å². The first-order valence-corrected chi connectivity index (χ1v) is 8.12. The highest BCUT2D eigenvalue weighted by Gasteiger charge is 2.15. The van der Waals surface area contributed by atoms with Crippen molar-refractivity contribution < 1.29 is 4.52 Å². The number of aromatic nitrogens is 6. The molecule has 4 heterocycles. The number of hydrogen-bond acceptors (Lipinski definition) is 7. The van der Waals surface area contributed by atoms with Crippen LogP contribution in [-0.2, 0) is 6.42 Å². The SMILES string of the molecule is Cc1nc(-c2ccncc2)[nH]c(=O)c1Cc1nc(-c2ccc(=O)[nH]c2)no1. The van der Waals surface area contributed by atoms with Crippen molar-refractivity contribution in [2.24, 2.45) is 0 Å². The summed E-state index contributed by atoms with van der Waals surface area (Å²) >= 11 is 0. The van der Waals surface area contributed by atoms with E-state index in [0.29, 0.717) is 28.5 Å². The minimum absolute atomic E-state index is 0.154. The van der Waals surface area contributed by atoms with Gasteiger partial charge in [-0.1, -0.05) is 5.16 Å². The molecule has 4 rings (SSSR count). The predicted octanol–water partition coefficient (Wildman–Crippen LogP) is 1.47. The maximum atomic E-state index is 12.5. The third-order valence-corrected chi connectivity index (χ3v) is 4.01. The lowest BCUT2D eigenvalue weighted by molar-refractivity contribution is 0.385. The van der Waals surface area contributed by atoms with Crippen LogP contribution in [0.1, 0.15) is 17.1 Å². The van der Waals surface area contributed by atoms with Crippen LogP contribution in [0.15, 0.2) is 57.0 Å². The molecule has 9 nitrogen and oxygen atoms in total. The summed E-state index contributed by atoms with van der Waals surface area (Å²) in [5, 5.41) is 3.89. The summed E-state index contributed by atoms with van der Waals surface area (Å²) in [6.07, 6.45) is 4.92. The molecule has 2 N–H and O–H groups in total. The molecule has 0 atom stereocenters. The molecule has 0 aliphatic rings. The Kier molecular flexibility index (Phi) is 4.17. The fourth-order valence-electron chi connectivity index (χ4n) is 2.61. The number of hydrogen-bond donors (Lipinski definition) is 2. The first-order chi connectivity index (χ1) is 13.1. The van der Waals surface area contributed by atoms with Crippen LogP contribution in [0.5, 0.6) is 0 Å². The van der Waals surface area contributed by atoms with Crippen LogP contribution >= 0.6 is 0 Å². The smallest absolute Gasteiger partial charge is 0.255 e. The fraction of sp³-hybridized carbons (Fsp3) is 0.111. The second-order valence-electron chi connectivity index (χ2n) is 5.84. The van der Waals surface area contributed by atoms with E-state index in [1.165, 1.54) is 12.3 Å². The Labute approximate surface area is 152 Å². The van der Waals surface area contributed by atoms with Gasteiger partial charge >= 0.3 is 0 Å². The molecule has 0 spiro atoms. The number of H-pyrrole nitrogens is 2. The Morgan fingerprint density at radius 3 is 2.56 bits per heavy atom. The molecular formula is C18H14N6O3. The third-order valence-electron chi connectivity index (χ3n) is 4.01. The lowest BCUT2D eigenvalue weighted by Crippen LogP contribution is -2.18. The summed E-state index contributed by atoms with van der Waals surface area (Å²) < 4.78 is 5.24. The van der Waals surface area contributed by atoms with Crippen molar-refractivity contribution in [1.29, 1.82) is 0 Å². The normalized spacial score (nSPS) is 10.9. The van der Waals surface area contributed by atoms with Crippen LogP contribution in [0.2, 0.25) is 0 Å². The standard InChI is InChI=1S/C18H14N6O3/c1-10-13(18(26)23-16(21-10)11-4-6-19-7-5-11)8-15-22-17(24-27-15)12-2-3-14(25)20-9-12/h2-7,9H,8H2,1H3,(H,20,25)(H,21,23,26). The molecule has 0 unspecified atom stereocenters. The van der Waals surface area contributed by atoms with E-state index in [1.54, 1.807) is 37.5 Å². The lowest BCUT2D eigenvalue weighted by atomic mass is 10.1. The fourth-order valence-corrected chi connectivity index (χ4v) is 2.61. The minimum Gasteiger partial charge on any atom is -0.339 e. The van der Waals surface area contributed by atoms with Crippen molar-refractivity contribution >= 4 is 0 Å². The zero-order valence-corrected chi connectivity index (χ0v) is 14.3. The lowest BCUT2D eigenvalue weighted by Gasteiger charge is -2.05. The quantitative estimate of drug-likeness (QED) is 0.562. The minimum atomic E-state index is -0.266. The van der Waals surface area contributed by atoms with Gasteiger partial charge in [0.2, 0.25) is 17.3 Å². The molecule has 0 fully saturated rings. The Morgan fingerprint density at radius 2 is 1.85 bits per heavy atom. The number of nitrogens with zero attached hydrogens (tertiary/aromatic N) is 4. The molecule has 0 aromatic carbocycles. The molecule has 0 saturated heterocycles. The average molecular weight is 362 g/mol. The largest absolute Gasteiger partial charge is 0.339 e. The van der Waals surface area contributed by atoms with E-state index in [-0.39, 0.29) is 23.4 Å². The van der Waals surface area contributed by atoms with Crippen LogP contribution in [-0.4, -0.2) is 30.1 Å². The molecular weight excluding hydrogens is 348 g/mol. The molecule has 0 bridgehead atoms. The van der Waals surface area contributed by atoms with Gasteiger partial charge in [0.05, 0.1) is 6.42 Å². The highest BCUT2D eigenvalue weighted by atomic mass is 16.5. The van der Waals surface area contributed by atoms with Gasteiger partial charge in [0.25, 0.3) is 5.56 Å². The summed E-state index contributed by atoms with van der Waals surface area (Å²) in [4.78, 5) is 41.7. The third kappa shape index (κ3) is 3.43. The second kappa shape index (κ2) is 6.79. The topological polar surface area (TPSA) is 130 Å². The highest BCUT2D eigenvalue weighted by molar-refractivity contribution is 5.54. The molecule has 134 valence electrons. The van der Waals surface area contributed by atoms with Gasteiger partial charge in [-0.15, -0.1) is 0 Å². The molecule has 4 aromatic heterocycles. The molecule has 0 radical (unpaired) electrons. The molecule has 0 amide bonds. The van der Waals surface area contributed by atoms with Gasteiger partial charge in [-0.25, -0.2) is 4.98 Å². The van der Waals surface area contributed by atoms with E-state index in [9.17, 15) is 9.59 Å². The maximum Gasteiger partial charge on any atom is 0.255 e. The van der Waals surface area contributed by atoms with Crippen molar-refractivity contribution in [2.75, 3.05) is 0 Å². The Bertz CT molecular complexity index is 1190. The summed E-state index contributed by atoms with van der Waals surface area (Å²) in [5.74, 6) is 1.09. The number of aryl methyl sites for hydroxylation is 1. The van der Waals surface area contributed by atoms with Crippen molar-refractivity contribution in [3.63, 3.8) is 0 Å². The Morgan fingerprint density at radius 1 is 1.04 bits per heavy atom. The molecule has 0 aliphatic carbocycles. The van der Waals surface area contributed by atoms with Crippen LogP contribution < -0.4 is 11.1 Å². The monoisotopic (exact) mass is 362 g/mol. The maximum absolute atomic E-state index is 12.5. The highest BCUT2D eigenvalue weighted by Crippen LogP contribution is 2.17. The summed E-state index contributed by atoms with van der Waals surface area (Å²) in [6.45, 7) is 1.76. The van der Waals surface area contributed by atoms with E-state index < -0.39 is 0 Å². The summed E-state index contributed by atoms with van der Waals surface area (Å²) in [5.41, 5.74) is 1.93. The molecule has 9 heteroatoms. The first-order valence-electron chi connectivity index (χ1n) is 8.12. The first kappa shape index (κ1) is 16.6. The molecule has 4 aromatic rings. The summed E-state index contributed by atoms with van der Waals surface area (Å²) in [6, 6.07) is 6.51. The Balaban J connectivity index is 1.63. The van der Waals surface area contributed by atoms with Gasteiger partial charge in [0.1, 0.15) is 5.82 Å². The van der Waals surface area contributed by atoms with Gasteiger partial charge in [0.15, 0.2) is 0 Å². The number of nitrogens with one attached hydrogen (secondary N) is 2. The zero-order valence-electron chi connectivity index (χ0n) is 14.3. The van der Waals surface area contributed by atoms with Crippen molar-refractivity contribution in [3.05, 3.63) is 80.7 Å². The van der Waals surface area contributed by atoms with E-state index >= 15 is 0 Å². The van der Waals surface area contributed by atoms with Crippen LogP contribution in [0, 0.1) is 6.92 Å². The summed E-state index contributed by atoms with van der Waals surface area (Å²) in [7, 11) is 0. The van der Waals surface area contributed by atoms with Crippen molar-refractivity contribution in [1.82, 2.24) is 30.1 Å². The van der Waals surface area contributed by atoms with Gasteiger partial charge in [-0.2, -0.15) is 4.98 Å². The van der Waals surface area contributed by atoms with E-state index in [2.05, 4.69) is 30.1 Å². The molecule has 27 heavy (non-hydrogen) atoms. The van der Waals surface area contributed by atoms with Crippen LogP contribution in [0.25, 0.3) is 22.8 Å². The number of aromatic amines is 2. The van der Waals surface area contributed by atoms with E-state index in [1.807, 2.05) is 0 Å². The van der Waals surface area contributed by atoms with E-state index in [4.69, 9.17) is 4.52 Å². The van der Waals surface area contributed by atoms with E-state index in [0.717, 1.165) is 5.56 Å². The molecule has 0 saturated carbocycles. The van der Waals surface area contributed by atoms with Gasteiger partial charge < -0.3 is 14.5 Å². The number of rotatable bonds is 4. The molecule has 0 aliphatic heterocycles. The van der Waals surface area contributed by atoms with Gasteiger partial charge in [0, 0.05) is 47.0 Å². The van der Waals surface area contributed by atoms with Gasteiger partial charge in [-0.05, 0) is 25.1 Å². The predicted molar refractivity (Wildman–Crippen MR) is 96.0 cm³/mol. The van der Waals surface area contributed by atoms with Crippen molar-refractivity contribution in [2.45, 2.75) is 13.3 Å². The van der Waals surface area contributed by atoms with Gasteiger partial charge in [-0.3, -0.25) is 14.6 Å².